The highest BCUT2D eigenvalue weighted by molar-refractivity contribution is 9.11. The number of phenols is 1. The number of amides is 3. The lowest BCUT2D eigenvalue weighted by Crippen LogP contribution is -2.35. The van der Waals surface area contributed by atoms with Gasteiger partial charge in [-0.1, -0.05) is 52.3 Å². The average Bonchev–Trinajstić information content (AvgIpc) is 2.91. The fourth-order valence-corrected chi connectivity index (χ4v) is 4.93. The summed E-state index contributed by atoms with van der Waals surface area (Å²) in [5, 5.41) is 15.6. The number of benzene rings is 3. The molecule has 3 aromatic carbocycles. The first-order valence-electron chi connectivity index (χ1n) is 11.8. The van der Waals surface area contributed by atoms with E-state index in [0.29, 0.717) is 33.2 Å². The standard InChI is InChI=1S/C28H27Br2N3O6/c1-38-23(13-7-8-14-24(34)32-22-12-6-5-11-21(22)31)26(19-15-18(29)16-20(30)25(19)35)39-28(37)33-27(36)17-9-3-2-4-10-17/h2-6,8-12,14-16,23,26,35H,7,13,31H2,1H3,(H,32,34)(H,33,36,37)/b14-8+/t23-,26-/m1/s1. The maximum Gasteiger partial charge on any atom is 0.414 e. The molecule has 11 heteroatoms. The van der Waals surface area contributed by atoms with Gasteiger partial charge in [0.05, 0.1) is 22.0 Å². The number of carbonyl (C=O) groups is 3. The van der Waals surface area contributed by atoms with E-state index in [4.69, 9.17) is 15.2 Å². The second kappa shape index (κ2) is 14.5. The fraction of sp³-hybridized carbons (Fsp3) is 0.179. The minimum atomic E-state index is -1.10. The monoisotopic (exact) mass is 659 g/mol. The Kier molecular flexibility index (Phi) is 11.1. The molecule has 3 amide bonds. The molecule has 0 aliphatic rings. The lowest BCUT2D eigenvalue weighted by atomic mass is 9.99. The number of hydrogen-bond donors (Lipinski definition) is 4. The first-order chi connectivity index (χ1) is 18.7. The number of allylic oxidation sites excluding steroid dienone is 1. The molecule has 3 rings (SSSR count). The van der Waals surface area contributed by atoms with Crippen molar-refractivity contribution in [2.45, 2.75) is 25.0 Å². The van der Waals surface area contributed by atoms with Crippen molar-refractivity contribution in [2.24, 2.45) is 0 Å². The number of nitrogens with one attached hydrogen (secondary N) is 2. The number of nitrogens with two attached hydrogens (primary N) is 1. The molecule has 9 nitrogen and oxygen atoms in total. The van der Waals surface area contributed by atoms with Crippen molar-refractivity contribution in [2.75, 3.05) is 18.2 Å². The Morgan fingerprint density at radius 1 is 1.05 bits per heavy atom. The Balaban J connectivity index is 1.73. The zero-order chi connectivity index (χ0) is 28.4. The second-order valence-electron chi connectivity index (χ2n) is 8.30. The van der Waals surface area contributed by atoms with Gasteiger partial charge in [0.25, 0.3) is 5.91 Å². The predicted octanol–water partition coefficient (Wildman–Crippen LogP) is 6.10. The minimum Gasteiger partial charge on any atom is -0.506 e. The Hall–Kier alpha value is -3.67. The maximum atomic E-state index is 12.7. The number of carbonyl (C=O) groups excluding carboxylic acids is 3. The fourth-order valence-electron chi connectivity index (χ4n) is 3.67. The Morgan fingerprint density at radius 3 is 2.44 bits per heavy atom. The van der Waals surface area contributed by atoms with Crippen molar-refractivity contribution in [1.82, 2.24) is 5.32 Å². The van der Waals surface area contributed by atoms with E-state index >= 15 is 0 Å². The molecule has 5 N–H and O–H groups in total. The van der Waals surface area contributed by atoms with E-state index in [1.54, 1.807) is 72.8 Å². The Labute approximate surface area is 242 Å². The van der Waals surface area contributed by atoms with Gasteiger partial charge in [-0.25, -0.2) is 4.79 Å². The van der Waals surface area contributed by atoms with Crippen LogP contribution in [0.1, 0.15) is 34.9 Å². The number of para-hydroxylation sites is 2. The van der Waals surface area contributed by atoms with Crippen LogP contribution in [0.5, 0.6) is 5.75 Å². The Morgan fingerprint density at radius 2 is 1.74 bits per heavy atom. The molecule has 39 heavy (non-hydrogen) atoms. The summed E-state index contributed by atoms with van der Waals surface area (Å²) >= 11 is 6.67. The van der Waals surface area contributed by atoms with Crippen LogP contribution in [0.2, 0.25) is 0 Å². The summed E-state index contributed by atoms with van der Waals surface area (Å²) in [5.74, 6) is -1.15. The van der Waals surface area contributed by atoms with Gasteiger partial charge in [0.1, 0.15) is 5.75 Å². The number of ether oxygens (including phenoxy) is 2. The number of phenolic OH excluding ortho intramolecular Hbond substituents is 1. The van der Waals surface area contributed by atoms with Gasteiger partial charge >= 0.3 is 6.09 Å². The summed E-state index contributed by atoms with van der Waals surface area (Å²) in [4.78, 5) is 37.5. The molecule has 0 aromatic heterocycles. The van der Waals surface area contributed by atoms with Crippen LogP contribution in [0.4, 0.5) is 16.2 Å². The molecule has 0 aliphatic carbocycles. The van der Waals surface area contributed by atoms with Crippen LogP contribution in [-0.2, 0) is 14.3 Å². The van der Waals surface area contributed by atoms with E-state index in [-0.39, 0.29) is 22.8 Å². The van der Waals surface area contributed by atoms with Gasteiger partial charge < -0.3 is 25.6 Å². The lowest BCUT2D eigenvalue weighted by Gasteiger charge is -2.27. The molecular formula is C28H27Br2N3O6. The zero-order valence-corrected chi connectivity index (χ0v) is 24.1. The van der Waals surface area contributed by atoms with Crippen LogP contribution in [0.15, 0.2) is 87.8 Å². The number of imide groups is 1. The van der Waals surface area contributed by atoms with Crippen LogP contribution >= 0.6 is 31.9 Å². The van der Waals surface area contributed by atoms with Crippen molar-refractivity contribution in [3.05, 3.63) is 99.0 Å². The number of rotatable bonds is 10. The van der Waals surface area contributed by atoms with Crippen molar-refractivity contribution in [3.63, 3.8) is 0 Å². The number of nitrogen functional groups attached to an aromatic ring is 1. The van der Waals surface area contributed by atoms with E-state index in [1.807, 2.05) is 0 Å². The molecule has 0 saturated heterocycles. The summed E-state index contributed by atoms with van der Waals surface area (Å²) in [6.45, 7) is 0. The summed E-state index contributed by atoms with van der Waals surface area (Å²) in [5.41, 5.74) is 7.34. The average molecular weight is 661 g/mol. The number of alkyl carbamates (subject to hydrolysis) is 1. The van der Waals surface area contributed by atoms with Crippen molar-refractivity contribution in [1.29, 1.82) is 0 Å². The van der Waals surface area contributed by atoms with Gasteiger partial charge in [-0.05, 0) is 71.2 Å². The van der Waals surface area contributed by atoms with Crippen molar-refractivity contribution in [3.8, 4) is 5.75 Å². The smallest absolute Gasteiger partial charge is 0.414 e. The number of anilines is 2. The first-order valence-corrected chi connectivity index (χ1v) is 13.4. The van der Waals surface area contributed by atoms with Gasteiger partial charge in [0, 0.05) is 22.7 Å². The summed E-state index contributed by atoms with van der Waals surface area (Å²) < 4.78 is 12.2. The summed E-state index contributed by atoms with van der Waals surface area (Å²) in [6.07, 6.45) is 0.840. The van der Waals surface area contributed by atoms with Gasteiger partial charge in [-0.2, -0.15) is 0 Å². The van der Waals surface area contributed by atoms with Crippen LogP contribution < -0.4 is 16.4 Å². The van der Waals surface area contributed by atoms with Gasteiger partial charge in [0.2, 0.25) is 5.91 Å². The van der Waals surface area contributed by atoms with E-state index in [0.717, 1.165) is 0 Å². The lowest BCUT2D eigenvalue weighted by molar-refractivity contribution is -0.111. The third kappa shape index (κ3) is 8.67. The topological polar surface area (TPSA) is 140 Å². The molecule has 0 saturated carbocycles. The highest BCUT2D eigenvalue weighted by atomic mass is 79.9. The molecular weight excluding hydrogens is 634 g/mol. The van der Waals surface area contributed by atoms with Crippen molar-refractivity contribution < 1.29 is 29.0 Å². The number of hydrogen-bond acceptors (Lipinski definition) is 7. The normalized spacial score (nSPS) is 12.5. The summed E-state index contributed by atoms with van der Waals surface area (Å²) in [6, 6.07) is 18.3. The van der Waals surface area contributed by atoms with E-state index in [9.17, 15) is 19.5 Å². The number of halogens is 2. The molecule has 204 valence electrons. The van der Waals surface area contributed by atoms with Gasteiger partial charge in [-0.15, -0.1) is 0 Å². The van der Waals surface area contributed by atoms with Crippen LogP contribution in [0, 0.1) is 0 Å². The third-order valence-corrected chi connectivity index (χ3v) is 6.66. The molecule has 0 unspecified atom stereocenters. The highest BCUT2D eigenvalue weighted by Gasteiger charge is 2.31. The molecule has 0 fully saturated rings. The van der Waals surface area contributed by atoms with Crippen LogP contribution in [0.3, 0.4) is 0 Å². The number of aromatic hydroxyl groups is 1. The number of methoxy groups -OCH3 is 1. The predicted molar refractivity (Wildman–Crippen MR) is 155 cm³/mol. The largest absolute Gasteiger partial charge is 0.506 e. The molecule has 0 radical (unpaired) electrons. The first kappa shape index (κ1) is 29.9. The maximum absolute atomic E-state index is 12.7. The zero-order valence-electron chi connectivity index (χ0n) is 20.9. The Bertz CT molecular complexity index is 1350. The molecule has 0 spiro atoms. The van der Waals surface area contributed by atoms with Crippen LogP contribution in [-0.4, -0.2) is 36.2 Å². The second-order valence-corrected chi connectivity index (χ2v) is 10.1. The minimum absolute atomic E-state index is 0.150. The van der Waals surface area contributed by atoms with E-state index in [2.05, 4.69) is 42.5 Å². The molecule has 0 heterocycles. The van der Waals surface area contributed by atoms with Crippen LogP contribution in [0.25, 0.3) is 0 Å². The molecule has 3 aromatic rings. The van der Waals surface area contributed by atoms with E-state index in [1.165, 1.54) is 13.2 Å². The third-order valence-electron chi connectivity index (χ3n) is 5.60. The quantitative estimate of drug-likeness (QED) is 0.152. The molecule has 0 aliphatic heterocycles. The molecule has 2 atom stereocenters. The SMILES string of the molecule is CO[C@H](CC/C=C/C(=O)Nc1ccccc1N)[C@H](OC(=O)NC(=O)c1ccccc1)c1cc(Br)cc(Br)c1O. The highest BCUT2D eigenvalue weighted by Crippen LogP contribution is 2.39. The summed E-state index contributed by atoms with van der Waals surface area (Å²) in [7, 11) is 1.44. The van der Waals surface area contributed by atoms with E-state index < -0.39 is 24.2 Å². The van der Waals surface area contributed by atoms with Gasteiger partial charge in [-0.3, -0.25) is 14.9 Å². The molecule has 0 bridgehead atoms. The van der Waals surface area contributed by atoms with Crippen molar-refractivity contribution >= 4 is 61.1 Å². The van der Waals surface area contributed by atoms with Gasteiger partial charge in [0.15, 0.2) is 6.10 Å².